The third-order valence-corrected chi connectivity index (χ3v) is 3.90. The lowest BCUT2D eigenvalue weighted by Gasteiger charge is -2.17. The maximum atomic E-state index is 8.90. The van der Waals surface area contributed by atoms with E-state index in [0.29, 0.717) is 10.6 Å². The minimum atomic E-state index is 0.564. The van der Waals surface area contributed by atoms with Crippen LogP contribution in [-0.4, -0.2) is 7.05 Å². The number of nitrogens with two attached hydrogens (primary N) is 1. The van der Waals surface area contributed by atoms with E-state index in [-0.39, 0.29) is 0 Å². The summed E-state index contributed by atoms with van der Waals surface area (Å²) in [6.45, 7) is 2.90. The van der Waals surface area contributed by atoms with E-state index in [0.717, 1.165) is 11.5 Å². The summed E-state index contributed by atoms with van der Waals surface area (Å²) in [7, 11) is 2.01. The molecule has 0 spiro atoms. The van der Waals surface area contributed by atoms with E-state index in [1.807, 2.05) is 13.1 Å². The fourth-order valence-electron chi connectivity index (χ4n) is 1.83. The molecular formula is C14H15N3S. The smallest absolute Gasteiger partial charge is 0.129 e. The molecule has 1 heterocycles. The second-order valence-electron chi connectivity index (χ2n) is 4.33. The van der Waals surface area contributed by atoms with Crippen molar-refractivity contribution in [3.63, 3.8) is 0 Å². The molecule has 0 radical (unpaired) electrons. The Morgan fingerprint density at radius 1 is 1.39 bits per heavy atom. The van der Waals surface area contributed by atoms with E-state index in [2.05, 4.69) is 42.2 Å². The first kappa shape index (κ1) is 12.5. The van der Waals surface area contributed by atoms with E-state index in [1.54, 1.807) is 0 Å². The highest BCUT2D eigenvalue weighted by molar-refractivity contribution is 7.17. The standard InChI is InChI=1S/C14H15N3S/c1-10-4-3-5-11(6-10)9-17(2)14-7-12(16)13(8-15)18-14/h3-7H,9,16H2,1-2H3. The fraction of sp³-hybridized carbons (Fsp3) is 0.214. The van der Waals surface area contributed by atoms with Crippen molar-refractivity contribution in [1.29, 1.82) is 5.26 Å². The maximum absolute atomic E-state index is 8.90. The van der Waals surface area contributed by atoms with Gasteiger partial charge in [-0.3, -0.25) is 0 Å². The topological polar surface area (TPSA) is 53.0 Å². The Bertz CT molecular complexity index is 595. The van der Waals surface area contributed by atoms with E-state index in [9.17, 15) is 0 Å². The van der Waals surface area contributed by atoms with Crippen LogP contribution in [0.25, 0.3) is 0 Å². The zero-order valence-corrected chi connectivity index (χ0v) is 11.3. The number of aryl methyl sites for hydroxylation is 1. The SMILES string of the molecule is Cc1cccc(CN(C)c2cc(N)c(C#N)s2)c1. The van der Waals surface area contributed by atoms with Gasteiger partial charge in [0.05, 0.1) is 10.7 Å². The molecule has 1 aromatic heterocycles. The minimum Gasteiger partial charge on any atom is -0.397 e. The number of nitriles is 1. The molecule has 2 N–H and O–H groups in total. The van der Waals surface area contributed by atoms with Crippen LogP contribution >= 0.6 is 11.3 Å². The third kappa shape index (κ3) is 2.63. The second-order valence-corrected chi connectivity index (χ2v) is 5.36. The molecule has 18 heavy (non-hydrogen) atoms. The molecule has 0 unspecified atom stereocenters. The van der Waals surface area contributed by atoms with E-state index >= 15 is 0 Å². The van der Waals surface area contributed by atoms with Crippen LogP contribution in [0.1, 0.15) is 16.0 Å². The van der Waals surface area contributed by atoms with E-state index < -0.39 is 0 Å². The minimum absolute atomic E-state index is 0.564. The first-order chi connectivity index (χ1) is 8.60. The predicted octanol–water partition coefficient (Wildman–Crippen LogP) is 3.15. The zero-order chi connectivity index (χ0) is 13.1. The lowest BCUT2D eigenvalue weighted by molar-refractivity contribution is 0.933. The van der Waals surface area contributed by atoms with Gasteiger partial charge in [0.15, 0.2) is 0 Å². The number of rotatable bonds is 3. The highest BCUT2D eigenvalue weighted by Gasteiger charge is 2.09. The number of nitrogen functional groups attached to an aromatic ring is 1. The van der Waals surface area contributed by atoms with E-state index in [1.165, 1.54) is 22.5 Å². The van der Waals surface area contributed by atoms with Crippen LogP contribution in [0, 0.1) is 18.3 Å². The van der Waals surface area contributed by atoms with Crippen molar-refractivity contribution in [2.75, 3.05) is 17.7 Å². The summed E-state index contributed by atoms with van der Waals surface area (Å²) < 4.78 is 0. The molecule has 0 aliphatic carbocycles. The van der Waals surface area contributed by atoms with Crippen LogP contribution in [0.4, 0.5) is 10.7 Å². The van der Waals surface area contributed by atoms with Gasteiger partial charge in [-0.05, 0) is 18.6 Å². The Morgan fingerprint density at radius 3 is 2.78 bits per heavy atom. The normalized spacial score (nSPS) is 10.1. The Hall–Kier alpha value is -1.99. The molecule has 1 aromatic carbocycles. The predicted molar refractivity (Wildman–Crippen MR) is 76.7 cm³/mol. The molecule has 0 saturated heterocycles. The van der Waals surface area contributed by atoms with Gasteiger partial charge >= 0.3 is 0 Å². The van der Waals surface area contributed by atoms with Crippen molar-refractivity contribution in [2.24, 2.45) is 0 Å². The lowest BCUT2D eigenvalue weighted by atomic mass is 10.1. The molecule has 4 heteroatoms. The van der Waals surface area contributed by atoms with Crippen LogP contribution in [0.15, 0.2) is 30.3 Å². The first-order valence-electron chi connectivity index (χ1n) is 5.66. The summed E-state index contributed by atoms with van der Waals surface area (Å²) in [4.78, 5) is 2.69. The number of hydrogen-bond donors (Lipinski definition) is 1. The van der Waals surface area contributed by atoms with Gasteiger partial charge in [0.25, 0.3) is 0 Å². The highest BCUT2D eigenvalue weighted by atomic mass is 32.1. The van der Waals surface area contributed by atoms with Crippen molar-refractivity contribution >= 4 is 22.0 Å². The summed E-state index contributed by atoms with van der Waals surface area (Å²) in [5, 5.41) is 9.92. The van der Waals surface area contributed by atoms with Crippen LogP contribution in [0.5, 0.6) is 0 Å². The largest absolute Gasteiger partial charge is 0.397 e. The molecular weight excluding hydrogens is 242 g/mol. The molecule has 0 saturated carbocycles. The summed E-state index contributed by atoms with van der Waals surface area (Å²) in [5.41, 5.74) is 8.84. The van der Waals surface area contributed by atoms with Crippen molar-refractivity contribution in [1.82, 2.24) is 0 Å². The summed E-state index contributed by atoms with van der Waals surface area (Å²) in [5.74, 6) is 0. The van der Waals surface area contributed by atoms with Crippen molar-refractivity contribution in [2.45, 2.75) is 13.5 Å². The van der Waals surface area contributed by atoms with Gasteiger partial charge in [-0.25, -0.2) is 0 Å². The first-order valence-corrected chi connectivity index (χ1v) is 6.48. The van der Waals surface area contributed by atoms with Gasteiger partial charge in [0, 0.05) is 13.6 Å². The third-order valence-electron chi connectivity index (χ3n) is 2.73. The van der Waals surface area contributed by atoms with Crippen molar-refractivity contribution in [3.05, 3.63) is 46.3 Å². The average Bonchev–Trinajstić information content (AvgIpc) is 2.70. The number of benzene rings is 1. The van der Waals surface area contributed by atoms with Gasteiger partial charge < -0.3 is 10.6 Å². The monoisotopic (exact) mass is 257 g/mol. The second kappa shape index (κ2) is 5.11. The average molecular weight is 257 g/mol. The fourth-order valence-corrected chi connectivity index (χ4v) is 2.67. The number of nitrogens with zero attached hydrogens (tertiary/aromatic N) is 2. The van der Waals surface area contributed by atoms with Gasteiger partial charge in [-0.1, -0.05) is 29.8 Å². The highest BCUT2D eigenvalue weighted by Crippen LogP contribution is 2.31. The maximum Gasteiger partial charge on any atom is 0.129 e. The molecule has 0 fully saturated rings. The number of thiophene rings is 1. The Labute approximate surface area is 111 Å². The Morgan fingerprint density at radius 2 is 2.17 bits per heavy atom. The van der Waals surface area contributed by atoms with Crippen LogP contribution in [0.3, 0.4) is 0 Å². The van der Waals surface area contributed by atoms with Crippen molar-refractivity contribution in [3.8, 4) is 6.07 Å². The zero-order valence-electron chi connectivity index (χ0n) is 10.5. The Balaban J connectivity index is 2.17. The van der Waals surface area contributed by atoms with Gasteiger partial charge in [-0.2, -0.15) is 5.26 Å². The molecule has 2 rings (SSSR count). The molecule has 0 amide bonds. The van der Waals surface area contributed by atoms with Gasteiger partial charge in [-0.15, -0.1) is 11.3 Å². The number of hydrogen-bond acceptors (Lipinski definition) is 4. The van der Waals surface area contributed by atoms with Gasteiger partial charge in [0.1, 0.15) is 10.9 Å². The molecule has 92 valence electrons. The molecule has 0 atom stereocenters. The number of anilines is 2. The lowest BCUT2D eigenvalue weighted by Crippen LogP contribution is -2.14. The van der Waals surface area contributed by atoms with Crippen molar-refractivity contribution < 1.29 is 0 Å². The quantitative estimate of drug-likeness (QED) is 0.919. The molecule has 2 aromatic rings. The van der Waals surface area contributed by atoms with Crippen LogP contribution in [-0.2, 0) is 6.54 Å². The Kier molecular flexibility index (Phi) is 3.54. The summed E-state index contributed by atoms with van der Waals surface area (Å²) in [6.07, 6.45) is 0. The van der Waals surface area contributed by atoms with E-state index in [4.69, 9.17) is 11.0 Å². The molecule has 0 aliphatic rings. The van der Waals surface area contributed by atoms with Crippen LogP contribution in [0.2, 0.25) is 0 Å². The summed E-state index contributed by atoms with van der Waals surface area (Å²) >= 11 is 1.43. The molecule has 3 nitrogen and oxygen atoms in total. The molecule has 0 bridgehead atoms. The summed E-state index contributed by atoms with van der Waals surface area (Å²) in [6, 6.07) is 12.4. The van der Waals surface area contributed by atoms with Crippen LogP contribution < -0.4 is 10.6 Å². The van der Waals surface area contributed by atoms with Gasteiger partial charge in [0.2, 0.25) is 0 Å². The molecule has 0 aliphatic heterocycles.